The summed E-state index contributed by atoms with van der Waals surface area (Å²) in [6.45, 7) is 5.07. The molecule has 0 aromatic heterocycles. The molecule has 2 saturated heterocycles. The summed E-state index contributed by atoms with van der Waals surface area (Å²) in [7, 11) is 0. The molecule has 24 heavy (non-hydrogen) atoms. The van der Waals surface area contributed by atoms with Crippen molar-refractivity contribution in [1.29, 1.82) is 0 Å². The number of benzene rings is 1. The highest BCUT2D eigenvalue weighted by molar-refractivity contribution is 5.73. The molecular formula is C18H26FN3O2. The van der Waals surface area contributed by atoms with Gasteiger partial charge < -0.3 is 15.4 Å². The largest absolute Gasteiger partial charge is 0.380 e. The Morgan fingerprint density at radius 3 is 2.58 bits per heavy atom. The fraction of sp³-hybridized carbons (Fsp3) is 0.611. The Hall–Kier alpha value is -1.66. The molecule has 1 aromatic rings. The normalized spacial score (nSPS) is 22.5. The third-order valence-corrected chi connectivity index (χ3v) is 4.99. The lowest BCUT2D eigenvalue weighted by molar-refractivity contribution is 0.110. The predicted molar refractivity (Wildman–Crippen MR) is 90.2 cm³/mol. The van der Waals surface area contributed by atoms with Crippen molar-refractivity contribution < 1.29 is 13.9 Å². The summed E-state index contributed by atoms with van der Waals surface area (Å²) in [6.07, 6.45) is 3.39. The average molecular weight is 335 g/mol. The van der Waals surface area contributed by atoms with Gasteiger partial charge in [-0.3, -0.25) is 4.90 Å². The van der Waals surface area contributed by atoms with Crippen molar-refractivity contribution in [3.63, 3.8) is 0 Å². The quantitative estimate of drug-likeness (QED) is 0.867. The molecule has 132 valence electrons. The van der Waals surface area contributed by atoms with Crippen LogP contribution in [-0.4, -0.2) is 49.8 Å². The second-order valence-electron chi connectivity index (χ2n) is 6.69. The molecule has 2 heterocycles. The van der Waals surface area contributed by atoms with Crippen LogP contribution in [0.5, 0.6) is 0 Å². The van der Waals surface area contributed by atoms with Gasteiger partial charge >= 0.3 is 6.03 Å². The first-order valence-corrected chi connectivity index (χ1v) is 8.78. The molecule has 0 unspecified atom stereocenters. The van der Waals surface area contributed by atoms with Gasteiger partial charge in [-0.1, -0.05) is 12.1 Å². The van der Waals surface area contributed by atoms with E-state index in [1.54, 1.807) is 12.1 Å². The first-order chi connectivity index (χ1) is 11.7. The topological polar surface area (TPSA) is 53.6 Å². The van der Waals surface area contributed by atoms with Gasteiger partial charge in [-0.05, 0) is 56.0 Å². The van der Waals surface area contributed by atoms with Crippen molar-refractivity contribution in [1.82, 2.24) is 15.5 Å². The number of rotatable bonds is 5. The van der Waals surface area contributed by atoms with Crippen LogP contribution in [0.25, 0.3) is 0 Å². The molecule has 0 spiro atoms. The Kier molecular flexibility index (Phi) is 6.04. The smallest absolute Gasteiger partial charge is 0.315 e. The number of nitrogens with zero attached hydrogens (tertiary/aromatic N) is 1. The summed E-state index contributed by atoms with van der Waals surface area (Å²) >= 11 is 0. The number of hydrogen-bond donors (Lipinski definition) is 2. The molecule has 3 rings (SSSR count). The lowest BCUT2D eigenvalue weighted by Crippen LogP contribution is -2.45. The summed E-state index contributed by atoms with van der Waals surface area (Å²) in [5, 5.41) is 5.76. The number of piperidine rings is 1. The number of carbonyl (C=O) groups excluding carboxylic acids is 1. The minimum atomic E-state index is -0.265. The van der Waals surface area contributed by atoms with Crippen LogP contribution >= 0.6 is 0 Å². The van der Waals surface area contributed by atoms with E-state index in [0.29, 0.717) is 25.0 Å². The fourth-order valence-corrected chi connectivity index (χ4v) is 3.42. The van der Waals surface area contributed by atoms with Gasteiger partial charge in [0.05, 0.1) is 6.61 Å². The molecule has 0 aliphatic carbocycles. The second kappa shape index (κ2) is 8.44. The van der Waals surface area contributed by atoms with Crippen molar-refractivity contribution in [3.05, 3.63) is 35.6 Å². The minimum Gasteiger partial charge on any atom is -0.380 e. The maximum absolute atomic E-state index is 12.8. The number of urea groups is 1. The number of amides is 2. The molecule has 2 aliphatic rings. The van der Waals surface area contributed by atoms with Crippen molar-refractivity contribution in [2.24, 2.45) is 5.92 Å². The summed E-state index contributed by atoms with van der Waals surface area (Å²) in [4.78, 5) is 14.4. The molecule has 2 amide bonds. The summed E-state index contributed by atoms with van der Waals surface area (Å²) < 4.78 is 18.3. The van der Waals surface area contributed by atoms with Gasteiger partial charge in [0.1, 0.15) is 5.82 Å². The van der Waals surface area contributed by atoms with E-state index < -0.39 is 0 Å². The van der Waals surface area contributed by atoms with Gasteiger partial charge in [0.15, 0.2) is 0 Å². The fourth-order valence-electron chi connectivity index (χ4n) is 3.42. The van der Waals surface area contributed by atoms with E-state index in [4.69, 9.17) is 4.74 Å². The lowest BCUT2D eigenvalue weighted by Gasteiger charge is -2.35. The monoisotopic (exact) mass is 335 g/mol. The first kappa shape index (κ1) is 17.2. The number of nitrogens with one attached hydrogen (secondary N) is 2. The van der Waals surface area contributed by atoms with Gasteiger partial charge in [-0.25, -0.2) is 9.18 Å². The number of likely N-dealkylation sites (tertiary alicyclic amines) is 1. The molecule has 1 atom stereocenters. The maximum Gasteiger partial charge on any atom is 0.315 e. The molecule has 0 radical (unpaired) electrons. The Bertz CT molecular complexity index is 524. The molecular weight excluding hydrogens is 309 g/mol. The Balaban J connectivity index is 1.31. The Morgan fingerprint density at radius 2 is 1.92 bits per heavy atom. The van der Waals surface area contributed by atoms with Gasteiger partial charge in [-0.2, -0.15) is 0 Å². The van der Waals surface area contributed by atoms with Crippen LogP contribution in [0.3, 0.4) is 0 Å². The molecule has 2 aliphatic heterocycles. The van der Waals surface area contributed by atoms with E-state index in [9.17, 15) is 9.18 Å². The van der Waals surface area contributed by atoms with Crippen molar-refractivity contribution in [2.45, 2.75) is 31.8 Å². The van der Waals surface area contributed by atoms with E-state index in [2.05, 4.69) is 15.5 Å². The van der Waals surface area contributed by atoms with Crippen molar-refractivity contribution in [3.8, 4) is 0 Å². The molecule has 2 fully saturated rings. The molecule has 1 aromatic carbocycles. The third-order valence-electron chi connectivity index (χ3n) is 4.99. The SMILES string of the molecule is O=C(NCc1ccc(F)cc1)NCC1CCN([C@@H]2CCOC2)CC1. The molecule has 0 bridgehead atoms. The Labute approximate surface area is 142 Å². The summed E-state index contributed by atoms with van der Waals surface area (Å²) in [5.41, 5.74) is 0.888. The van der Waals surface area contributed by atoms with Crippen LogP contribution in [0.1, 0.15) is 24.8 Å². The average Bonchev–Trinajstić information content (AvgIpc) is 3.14. The Morgan fingerprint density at radius 1 is 1.17 bits per heavy atom. The highest BCUT2D eigenvalue weighted by Gasteiger charge is 2.27. The number of hydrogen-bond acceptors (Lipinski definition) is 3. The highest BCUT2D eigenvalue weighted by Crippen LogP contribution is 2.21. The number of ether oxygens (including phenoxy) is 1. The number of carbonyl (C=O) groups is 1. The maximum atomic E-state index is 12.8. The van der Waals surface area contributed by atoms with Gasteiger partial charge in [0.2, 0.25) is 0 Å². The molecule has 5 nitrogen and oxygen atoms in total. The zero-order chi connectivity index (χ0) is 16.8. The standard InChI is InChI=1S/C18H26FN3O2/c19-16-3-1-14(2-4-16)11-20-18(23)21-12-15-5-8-22(9-6-15)17-7-10-24-13-17/h1-4,15,17H,5-13H2,(H2,20,21,23)/t17-/m1/s1. The van der Waals surface area contributed by atoms with Gasteiger partial charge in [0, 0.05) is 25.7 Å². The van der Waals surface area contributed by atoms with E-state index in [1.807, 2.05) is 0 Å². The van der Waals surface area contributed by atoms with Crippen molar-refractivity contribution >= 4 is 6.03 Å². The second-order valence-corrected chi connectivity index (χ2v) is 6.69. The minimum absolute atomic E-state index is 0.161. The zero-order valence-corrected chi connectivity index (χ0v) is 14.0. The molecule has 0 saturated carbocycles. The van der Waals surface area contributed by atoms with E-state index >= 15 is 0 Å². The van der Waals surface area contributed by atoms with Crippen LogP contribution < -0.4 is 10.6 Å². The highest BCUT2D eigenvalue weighted by atomic mass is 19.1. The van der Waals surface area contributed by atoms with Crippen LogP contribution in [0.4, 0.5) is 9.18 Å². The molecule has 2 N–H and O–H groups in total. The van der Waals surface area contributed by atoms with Crippen LogP contribution in [0.15, 0.2) is 24.3 Å². The van der Waals surface area contributed by atoms with Gasteiger partial charge in [-0.15, -0.1) is 0 Å². The van der Waals surface area contributed by atoms with Crippen molar-refractivity contribution in [2.75, 3.05) is 32.8 Å². The molecule has 6 heteroatoms. The number of halogens is 1. The predicted octanol–water partition coefficient (Wildman–Crippen LogP) is 2.13. The van der Waals surface area contributed by atoms with E-state index in [-0.39, 0.29) is 11.8 Å². The van der Waals surface area contributed by atoms with Crippen LogP contribution in [-0.2, 0) is 11.3 Å². The lowest BCUT2D eigenvalue weighted by atomic mass is 9.95. The van der Waals surface area contributed by atoms with Crippen LogP contribution in [0, 0.1) is 11.7 Å². The third kappa shape index (κ3) is 4.92. The van der Waals surface area contributed by atoms with Gasteiger partial charge in [0.25, 0.3) is 0 Å². The zero-order valence-electron chi connectivity index (χ0n) is 14.0. The summed E-state index contributed by atoms with van der Waals surface area (Å²) in [6, 6.07) is 6.59. The van der Waals surface area contributed by atoms with Crippen LogP contribution in [0.2, 0.25) is 0 Å². The summed E-state index contributed by atoms with van der Waals surface area (Å²) in [5.74, 6) is 0.277. The van der Waals surface area contributed by atoms with E-state index in [1.165, 1.54) is 12.1 Å². The first-order valence-electron chi connectivity index (χ1n) is 8.78. The van der Waals surface area contributed by atoms with E-state index in [0.717, 1.165) is 51.1 Å².